The van der Waals surface area contributed by atoms with E-state index in [0.717, 1.165) is 0 Å². The summed E-state index contributed by atoms with van der Waals surface area (Å²) in [6.45, 7) is 2.85. The van der Waals surface area contributed by atoms with Crippen molar-refractivity contribution in [3.05, 3.63) is 22.1 Å². The van der Waals surface area contributed by atoms with Crippen molar-refractivity contribution in [1.29, 1.82) is 0 Å². The zero-order valence-electron chi connectivity index (χ0n) is 13.2. The first-order valence-corrected chi connectivity index (χ1v) is 7.51. The van der Waals surface area contributed by atoms with Crippen LogP contribution in [-0.4, -0.2) is 41.4 Å². The van der Waals surface area contributed by atoms with Crippen molar-refractivity contribution in [3.63, 3.8) is 0 Å². The normalized spacial score (nSPS) is 13.3. The molecule has 0 saturated heterocycles. The maximum atomic E-state index is 11.2. The molecule has 1 atom stereocenters. The number of rotatable bonds is 9. The van der Waals surface area contributed by atoms with Crippen LogP contribution < -0.4 is 39.9 Å². The molecular weight excluding hydrogens is 314 g/mol. The second kappa shape index (κ2) is 10.5. The summed E-state index contributed by atoms with van der Waals surface area (Å²) in [7, 11) is -3.71. The van der Waals surface area contributed by atoms with Gasteiger partial charge in [0.15, 0.2) is 19.9 Å². The van der Waals surface area contributed by atoms with Crippen LogP contribution in [0.1, 0.15) is 13.9 Å². The third kappa shape index (κ3) is 8.70. The summed E-state index contributed by atoms with van der Waals surface area (Å²) < 4.78 is 30.5. The van der Waals surface area contributed by atoms with Gasteiger partial charge in [0.1, 0.15) is 0 Å². The molecule has 21 heavy (non-hydrogen) atoms. The number of nitrogens with zero attached hydrogens (tertiary/aromatic N) is 1. The van der Waals surface area contributed by atoms with Gasteiger partial charge in [0.05, 0.1) is 6.61 Å². The molecule has 0 saturated carbocycles. The van der Waals surface area contributed by atoms with E-state index in [-0.39, 0.29) is 62.7 Å². The van der Waals surface area contributed by atoms with Crippen molar-refractivity contribution in [3.8, 4) is 6.01 Å². The molecule has 0 aliphatic rings. The van der Waals surface area contributed by atoms with Gasteiger partial charge in [0, 0.05) is 11.8 Å². The second-order valence-electron chi connectivity index (χ2n) is 3.67. The topological polar surface area (TPSA) is 120 Å². The molecule has 0 aliphatic heterocycles. The van der Waals surface area contributed by atoms with Crippen LogP contribution in [0.25, 0.3) is 0 Å². The Morgan fingerprint density at radius 2 is 2.14 bits per heavy atom. The van der Waals surface area contributed by atoms with Gasteiger partial charge in [-0.3, -0.25) is 14.3 Å². The summed E-state index contributed by atoms with van der Waals surface area (Å²) in [6.07, 6.45) is 0.898. The van der Waals surface area contributed by atoms with Crippen LogP contribution in [0.2, 0.25) is 0 Å². The van der Waals surface area contributed by atoms with Crippen molar-refractivity contribution in [2.24, 2.45) is 0 Å². The first-order valence-electron chi connectivity index (χ1n) is 5.75. The molecule has 2 N–H and O–H groups in total. The third-order valence-electron chi connectivity index (χ3n) is 1.98. The molecule has 0 bridgehead atoms. The molecule has 0 spiro atoms. The molecule has 9 nitrogen and oxygen atoms in total. The molecule has 0 radical (unpaired) electrons. The number of H-pyrrole nitrogens is 1. The molecule has 1 aromatic rings. The smallest absolute Gasteiger partial charge is 1.00 e. The second-order valence-corrected chi connectivity index (χ2v) is 5.46. The Hall–Kier alpha value is -0.250. The van der Waals surface area contributed by atoms with E-state index in [0.29, 0.717) is 5.56 Å². The summed E-state index contributed by atoms with van der Waals surface area (Å²) >= 11 is 0. The van der Waals surface area contributed by atoms with E-state index in [1.54, 1.807) is 13.8 Å². The molecule has 11 heteroatoms. The number of nitrogens with one attached hydrogen (secondary N) is 1. The van der Waals surface area contributed by atoms with Crippen LogP contribution in [0.15, 0.2) is 11.0 Å². The Kier molecular flexibility index (Phi) is 10.3. The predicted molar refractivity (Wildman–Crippen MR) is 69.6 cm³/mol. The molecule has 1 rings (SSSR count). The number of aromatic nitrogens is 2. The molecule has 0 aromatic carbocycles. The van der Waals surface area contributed by atoms with Gasteiger partial charge in [0.25, 0.3) is 11.6 Å². The average Bonchev–Trinajstić information content (AvgIpc) is 2.37. The molecule has 1 heterocycles. The first-order chi connectivity index (χ1) is 9.44. The van der Waals surface area contributed by atoms with Gasteiger partial charge < -0.3 is 25.1 Å². The Morgan fingerprint density at radius 3 is 2.76 bits per heavy atom. The SMILES string of the molecule is CCOP(=O)(O)COCOCOc1ncc(C)c(=O)[nH]1.[H-].[Na+]. The van der Waals surface area contributed by atoms with E-state index in [4.69, 9.17) is 14.2 Å². The zero-order chi connectivity index (χ0) is 15.0. The number of hydrogen-bond donors (Lipinski definition) is 2. The summed E-state index contributed by atoms with van der Waals surface area (Å²) in [6, 6.07) is 0.0164. The largest absolute Gasteiger partial charge is 1.00 e. The van der Waals surface area contributed by atoms with Crippen molar-refractivity contribution in [2.45, 2.75) is 13.8 Å². The van der Waals surface area contributed by atoms with Gasteiger partial charge in [-0.2, -0.15) is 0 Å². The van der Waals surface area contributed by atoms with Crippen LogP contribution in [0.4, 0.5) is 0 Å². The quantitative estimate of drug-likeness (QED) is 0.224. The third-order valence-corrected chi connectivity index (χ3v) is 3.16. The van der Waals surface area contributed by atoms with Crippen LogP contribution in [0, 0.1) is 6.92 Å². The average molecular weight is 332 g/mol. The van der Waals surface area contributed by atoms with Crippen LogP contribution >= 0.6 is 7.60 Å². The van der Waals surface area contributed by atoms with E-state index in [2.05, 4.69) is 14.5 Å². The molecule has 0 amide bonds. The Morgan fingerprint density at radius 1 is 1.43 bits per heavy atom. The molecule has 0 fully saturated rings. The van der Waals surface area contributed by atoms with Crippen molar-refractivity contribution >= 4 is 7.60 Å². The number of ether oxygens (including phenoxy) is 3. The van der Waals surface area contributed by atoms with Gasteiger partial charge in [-0.25, -0.2) is 4.98 Å². The van der Waals surface area contributed by atoms with Gasteiger partial charge in [-0.05, 0) is 13.8 Å². The molecular formula is C10H18N2NaO7P. The van der Waals surface area contributed by atoms with Crippen LogP contribution in [0.3, 0.4) is 0 Å². The first kappa shape index (κ1) is 20.8. The minimum Gasteiger partial charge on any atom is -1.00 e. The minimum absolute atomic E-state index is 0. The monoisotopic (exact) mass is 332 g/mol. The van der Waals surface area contributed by atoms with Gasteiger partial charge in [-0.15, -0.1) is 0 Å². The fourth-order valence-electron chi connectivity index (χ4n) is 1.10. The summed E-state index contributed by atoms with van der Waals surface area (Å²) in [5.41, 5.74) is 0.167. The molecule has 1 aromatic heterocycles. The summed E-state index contributed by atoms with van der Waals surface area (Å²) in [4.78, 5) is 26.6. The van der Waals surface area contributed by atoms with Gasteiger partial charge in [0.2, 0.25) is 0 Å². The van der Waals surface area contributed by atoms with Gasteiger partial charge in [-0.1, -0.05) is 0 Å². The standard InChI is InChI=1S/C10H17N2O7P.Na.H/c1-3-19-20(14,15)7-17-5-16-6-18-10-11-4-8(2)9(13)12-10;;/h4H,3,5-7H2,1-2H3,(H,14,15)(H,11,12,13);;/q;+1;-1. The fourth-order valence-corrected chi connectivity index (χ4v) is 1.88. The number of aromatic amines is 1. The number of aryl methyl sites for hydroxylation is 1. The van der Waals surface area contributed by atoms with Crippen molar-refractivity contribution in [2.75, 3.05) is 26.5 Å². The Balaban J connectivity index is 0. The van der Waals surface area contributed by atoms with Crippen LogP contribution in [-0.2, 0) is 18.6 Å². The predicted octanol–water partition coefficient (Wildman–Crippen LogP) is -2.30. The molecule has 116 valence electrons. The Bertz CT molecular complexity index is 530. The summed E-state index contributed by atoms with van der Waals surface area (Å²) in [5, 5.41) is 0. The maximum Gasteiger partial charge on any atom is 1.00 e. The maximum absolute atomic E-state index is 11.2. The zero-order valence-corrected chi connectivity index (χ0v) is 15.1. The van der Waals surface area contributed by atoms with E-state index in [9.17, 15) is 14.3 Å². The van der Waals surface area contributed by atoms with Crippen molar-refractivity contribution < 1.29 is 59.2 Å². The van der Waals surface area contributed by atoms with E-state index < -0.39 is 13.9 Å². The van der Waals surface area contributed by atoms with E-state index in [1.807, 2.05) is 0 Å². The minimum atomic E-state index is -3.71. The molecule has 0 aliphatic carbocycles. The van der Waals surface area contributed by atoms with Crippen molar-refractivity contribution in [1.82, 2.24) is 9.97 Å². The van der Waals surface area contributed by atoms with Gasteiger partial charge >= 0.3 is 37.2 Å². The van der Waals surface area contributed by atoms with Crippen LogP contribution in [0.5, 0.6) is 6.01 Å². The fraction of sp³-hybridized carbons (Fsp3) is 0.600. The Labute approximate surface area is 145 Å². The summed E-state index contributed by atoms with van der Waals surface area (Å²) in [5.74, 6) is 0. The molecule has 1 unspecified atom stereocenters. The van der Waals surface area contributed by atoms with E-state index in [1.165, 1.54) is 6.20 Å². The van der Waals surface area contributed by atoms with E-state index >= 15 is 0 Å². The number of hydrogen-bond acceptors (Lipinski definition) is 7.